The SMILES string of the molecule is Cc1nnc(SCC(=O)N(C)C(C)c2ccncc2)s1. The normalized spacial score (nSPS) is 12.2. The number of hydrogen-bond acceptors (Lipinski definition) is 6. The number of nitrogens with zero attached hydrogens (tertiary/aromatic N) is 4. The first-order valence-electron chi connectivity index (χ1n) is 6.16. The summed E-state index contributed by atoms with van der Waals surface area (Å²) in [6.45, 7) is 3.91. The van der Waals surface area contributed by atoms with E-state index in [9.17, 15) is 4.79 Å². The molecule has 0 N–H and O–H groups in total. The van der Waals surface area contributed by atoms with Gasteiger partial charge in [0, 0.05) is 19.4 Å². The molecule has 0 radical (unpaired) electrons. The molecule has 0 fully saturated rings. The molecule has 0 saturated carbocycles. The third-order valence-electron chi connectivity index (χ3n) is 2.99. The van der Waals surface area contributed by atoms with Crippen molar-refractivity contribution in [1.82, 2.24) is 20.1 Å². The zero-order valence-corrected chi connectivity index (χ0v) is 13.2. The minimum absolute atomic E-state index is 0.0299. The first kappa shape index (κ1) is 14.9. The van der Waals surface area contributed by atoms with E-state index >= 15 is 0 Å². The summed E-state index contributed by atoms with van der Waals surface area (Å²) in [6, 6.07) is 3.88. The Hall–Kier alpha value is -1.47. The third kappa shape index (κ3) is 3.77. The highest BCUT2D eigenvalue weighted by Gasteiger charge is 2.18. The van der Waals surface area contributed by atoms with E-state index in [1.54, 1.807) is 17.3 Å². The molecule has 5 nitrogen and oxygen atoms in total. The van der Waals surface area contributed by atoms with E-state index < -0.39 is 0 Å². The van der Waals surface area contributed by atoms with Crippen molar-refractivity contribution >= 4 is 29.0 Å². The highest BCUT2D eigenvalue weighted by Crippen LogP contribution is 2.24. The van der Waals surface area contributed by atoms with Crippen molar-refractivity contribution in [2.75, 3.05) is 12.8 Å². The molecule has 2 aromatic heterocycles. The highest BCUT2D eigenvalue weighted by atomic mass is 32.2. The lowest BCUT2D eigenvalue weighted by Crippen LogP contribution is -2.31. The number of carbonyl (C=O) groups is 1. The Morgan fingerprint density at radius 1 is 1.40 bits per heavy atom. The molecule has 2 rings (SSSR count). The number of carbonyl (C=O) groups excluding carboxylic acids is 1. The number of rotatable bonds is 5. The van der Waals surface area contributed by atoms with Crippen LogP contribution in [0.25, 0.3) is 0 Å². The molecule has 1 amide bonds. The Morgan fingerprint density at radius 2 is 2.10 bits per heavy atom. The minimum atomic E-state index is 0.0299. The Balaban J connectivity index is 1.91. The number of pyridine rings is 1. The second-order valence-electron chi connectivity index (χ2n) is 4.34. The van der Waals surface area contributed by atoms with Gasteiger partial charge in [0.2, 0.25) is 5.91 Å². The molecule has 2 heterocycles. The molecule has 0 saturated heterocycles. The topological polar surface area (TPSA) is 59.0 Å². The van der Waals surface area contributed by atoms with Crippen molar-refractivity contribution in [2.45, 2.75) is 24.2 Å². The summed E-state index contributed by atoms with van der Waals surface area (Å²) in [6.07, 6.45) is 3.48. The molecule has 2 aromatic rings. The van der Waals surface area contributed by atoms with Crippen molar-refractivity contribution in [3.05, 3.63) is 35.1 Å². The molecule has 0 spiro atoms. The number of hydrogen-bond donors (Lipinski definition) is 0. The average molecular weight is 308 g/mol. The van der Waals surface area contributed by atoms with E-state index in [-0.39, 0.29) is 11.9 Å². The van der Waals surface area contributed by atoms with Gasteiger partial charge in [0.1, 0.15) is 5.01 Å². The first-order valence-corrected chi connectivity index (χ1v) is 7.96. The van der Waals surface area contributed by atoms with Crippen molar-refractivity contribution < 1.29 is 4.79 Å². The summed E-state index contributed by atoms with van der Waals surface area (Å²) in [7, 11) is 1.82. The lowest BCUT2D eigenvalue weighted by atomic mass is 10.1. The fourth-order valence-corrected chi connectivity index (χ4v) is 3.38. The van der Waals surface area contributed by atoms with Crippen molar-refractivity contribution in [2.24, 2.45) is 0 Å². The molecule has 0 aliphatic heterocycles. The quantitative estimate of drug-likeness (QED) is 0.795. The van der Waals surface area contributed by atoms with Crippen molar-refractivity contribution in [3.63, 3.8) is 0 Å². The molecule has 20 heavy (non-hydrogen) atoms. The monoisotopic (exact) mass is 308 g/mol. The zero-order valence-electron chi connectivity index (χ0n) is 11.6. The molecule has 1 unspecified atom stereocenters. The Labute approximate surface area is 126 Å². The molecular weight excluding hydrogens is 292 g/mol. The smallest absolute Gasteiger partial charge is 0.233 e. The standard InChI is InChI=1S/C13H16N4OS2/c1-9(11-4-6-14-7-5-11)17(3)12(18)8-19-13-16-15-10(2)20-13/h4-7,9H,8H2,1-3H3. The van der Waals surface area contributed by atoms with Gasteiger partial charge in [-0.3, -0.25) is 9.78 Å². The molecule has 106 valence electrons. The van der Waals surface area contributed by atoms with E-state index in [1.807, 2.05) is 33.0 Å². The third-order valence-corrected chi connectivity index (χ3v) is 4.95. The summed E-state index contributed by atoms with van der Waals surface area (Å²) in [5.74, 6) is 0.452. The van der Waals surface area contributed by atoms with E-state index in [1.165, 1.54) is 23.1 Å². The molecule has 0 aliphatic carbocycles. The Morgan fingerprint density at radius 3 is 2.70 bits per heavy atom. The van der Waals surface area contributed by atoms with Crippen LogP contribution in [0.2, 0.25) is 0 Å². The van der Waals surface area contributed by atoms with E-state index in [0.29, 0.717) is 5.75 Å². The van der Waals surface area contributed by atoms with Gasteiger partial charge in [-0.2, -0.15) is 0 Å². The lowest BCUT2D eigenvalue weighted by Gasteiger charge is -2.25. The highest BCUT2D eigenvalue weighted by molar-refractivity contribution is 8.01. The predicted octanol–water partition coefficient (Wildman–Crippen LogP) is 2.55. The maximum absolute atomic E-state index is 12.2. The number of thioether (sulfide) groups is 1. The van der Waals surface area contributed by atoms with Crippen molar-refractivity contribution in [1.29, 1.82) is 0 Å². The maximum Gasteiger partial charge on any atom is 0.233 e. The van der Waals surface area contributed by atoms with Crippen LogP contribution in [-0.2, 0) is 4.79 Å². The van der Waals surface area contributed by atoms with Gasteiger partial charge in [-0.25, -0.2) is 0 Å². The van der Waals surface area contributed by atoms with E-state index in [0.717, 1.165) is 14.9 Å². The van der Waals surface area contributed by atoms with Crippen LogP contribution in [0.1, 0.15) is 23.5 Å². The van der Waals surface area contributed by atoms with Crippen LogP contribution in [-0.4, -0.2) is 38.8 Å². The van der Waals surface area contributed by atoms with E-state index in [4.69, 9.17) is 0 Å². The molecule has 1 atom stereocenters. The van der Waals surface area contributed by atoms with Gasteiger partial charge in [-0.1, -0.05) is 23.1 Å². The molecule has 0 aliphatic rings. The summed E-state index contributed by atoms with van der Waals surface area (Å²) >= 11 is 2.94. The van der Waals surface area contributed by atoms with Gasteiger partial charge in [0.15, 0.2) is 4.34 Å². The summed E-state index contributed by atoms with van der Waals surface area (Å²) in [4.78, 5) is 17.9. The lowest BCUT2D eigenvalue weighted by molar-refractivity contribution is -0.128. The fourth-order valence-electron chi connectivity index (χ4n) is 1.64. The average Bonchev–Trinajstić information content (AvgIpc) is 2.89. The largest absolute Gasteiger partial charge is 0.338 e. The van der Waals surface area contributed by atoms with Crippen LogP contribution in [0.15, 0.2) is 28.9 Å². The van der Waals surface area contributed by atoms with Gasteiger partial charge in [-0.05, 0) is 31.5 Å². The van der Waals surface area contributed by atoms with E-state index in [2.05, 4.69) is 15.2 Å². The van der Waals surface area contributed by atoms with Gasteiger partial charge in [0.25, 0.3) is 0 Å². The van der Waals surface area contributed by atoms with Crippen LogP contribution >= 0.6 is 23.1 Å². The van der Waals surface area contributed by atoms with Gasteiger partial charge < -0.3 is 4.90 Å². The predicted molar refractivity (Wildman–Crippen MR) is 80.8 cm³/mol. The van der Waals surface area contributed by atoms with Crippen LogP contribution in [0, 0.1) is 6.92 Å². The Bertz CT molecular complexity index is 573. The maximum atomic E-state index is 12.2. The second kappa shape index (κ2) is 6.81. The molecule has 7 heteroatoms. The van der Waals surface area contributed by atoms with Crippen LogP contribution < -0.4 is 0 Å². The van der Waals surface area contributed by atoms with Gasteiger partial charge in [-0.15, -0.1) is 10.2 Å². The summed E-state index contributed by atoms with van der Waals surface area (Å²) < 4.78 is 0.834. The fraction of sp³-hybridized carbons (Fsp3) is 0.385. The number of aryl methyl sites for hydroxylation is 1. The molecular formula is C13H16N4OS2. The number of amides is 1. The van der Waals surface area contributed by atoms with Crippen LogP contribution in [0.3, 0.4) is 0 Å². The summed E-state index contributed by atoms with van der Waals surface area (Å²) in [5.41, 5.74) is 1.08. The zero-order chi connectivity index (χ0) is 14.5. The van der Waals surface area contributed by atoms with Gasteiger partial charge in [0.05, 0.1) is 11.8 Å². The number of aromatic nitrogens is 3. The molecule has 0 aromatic carbocycles. The van der Waals surface area contributed by atoms with Crippen LogP contribution in [0.5, 0.6) is 0 Å². The summed E-state index contributed by atoms with van der Waals surface area (Å²) in [5, 5.41) is 8.86. The minimum Gasteiger partial charge on any atom is -0.338 e. The second-order valence-corrected chi connectivity index (χ2v) is 6.74. The van der Waals surface area contributed by atoms with Crippen LogP contribution in [0.4, 0.5) is 0 Å². The van der Waals surface area contributed by atoms with Gasteiger partial charge >= 0.3 is 0 Å². The molecule has 0 bridgehead atoms. The van der Waals surface area contributed by atoms with Crippen molar-refractivity contribution in [3.8, 4) is 0 Å². The Kier molecular flexibility index (Phi) is 5.08. The first-order chi connectivity index (χ1) is 9.58.